The number of carbonyl (C=O) groups is 1. The fourth-order valence-electron chi connectivity index (χ4n) is 2.46. The molecule has 1 aliphatic heterocycles. The van der Waals surface area contributed by atoms with E-state index in [-0.39, 0.29) is 48.0 Å². The third-order valence-electron chi connectivity index (χ3n) is 3.67. The van der Waals surface area contributed by atoms with Crippen LogP contribution >= 0.6 is 12.4 Å². The first-order chi connectivity index (χ1) is 11.4. The molecule has 1 atom stereocenters. The van der Waals surface area contributed by atoms with E-state index in [1.165, 1.54) is 18.2 Å². The molecule has 0 aromatic heterocycles. The summed E-state index contributed by atoms with van der Waals surface area (Å²) in [6, 6.07) is 4.98. The number of nitrogens with zero attached hydrogens (tertiary/aromatic N) is 1. The monoisotopic (exact) mass is 392 g/mol. The van der Waals surface area contributed by atoms with E-state index in [9.17, 15) is 23.3 Å². The highest BCUT2D eigenvalue weighted by molar-refractivity contribution is 7.89. The predicted molar refractivity (Wildman–Crippen MR) is 94.2 cm³/mol. The smallest absolute Gasteiger partial charge is 0.270 e. The van der Waals surface area contributed by atoms with Gasteiger partial charge in [-0.05, 0) is 25.5 Å². The second-order valence-electron chi connectivity index (χ2n) is 5.50. The molecule has 9 nitrogen and oxygen atoms in total. The van der Waals surface area contributed by atoms with Crippen molar-refractivity contribution in [1.82, 2.24) is 15.4 Å². The molecule has 0 radical (unpaired) electrons. The van der Waals surface area contributed by atoms with Gasteiger partial charge in [0.15, 0.2) is 0 Å². The van der Waals surface area contributed by atoms with Gasteiger partial charge in [-0.2, -0.15) is 0 Å². The highest BCUT2D eigenvalue weighted by Crippen LogP contribution is 2.16. The van der Waals surface area contributed by atoms with E-state index in [4.69, 9.17) is 0 Å². The number of rotatable bonds is 8. The van der Waals surface area contributed by atoms with Crippen molar-refractivity contribution in [2.24, 2.45) is 0 Å². The summed E-state index contributed by atoms with van der Waals surface area (Å²) < 4.78 is 26.5. The first kappa shape index (κ1) is 21.3. The van der Waals surface area contributed by atoms with E-state index in [0.717, 1.165) is 25.5 Å². The SMILES string of the molecule is Cl.O=C(CC1CCCN1)NCCNS(=O)(=O)c1cccc([N+](=O)[O-])c1. The van der Waals surface area contributed by atoms with Crippen molar-refractivity contribution in [3.8, 4) is 0 Å². The molecule has 25 heavy (non-hydrogen) atoms. The molecule has 11 heteroatoms. The Hall–Kier alpha value is -1.75. The van der Waals surface area contributed by atoms with Gasteiger partial charge in [0.05, 0.1) is 9.82 Å². The number of non-ortho nitro benzene ring substituents is 1. The van der Waals surface area contributed by atoms with Gasteiger partial charge in [-0.15, -0.1) is 12.4 Å². The molecular formula is C14H21ClN4O5S. The van der Waals surface area contributed by atoms with Crippen LogP contribution in [0.2, 0.25) is 0 Å². The standard InChI is InChI=1S/C14H20N4O5S.ClH/c19-14(9-11-3-2-6-15-11)16-7-8-17-24(22,23)13-5-1-4-12(10-13)18(20)21;/h1,4-5,10-11,15,17H,2-3,6-9H2,(H,16,19);1H. The molecular weight excluding hydrogens is 372 g/mol. The Morgan fingerprint density at radius 2 is 2.12 bits per heavy atom. The molecule has 1 unspecified atom stereocenters. The van der Waals surface area contributed by atoms with Crippen LogP contribution in [-0.2, 0) is 14.8 Å². The van der Waals surface area contributed by atoms with Crippen molar-refractivity contribution in [1.29, 1.82) is 0 Å². The number of nitrogens with one attached hydrogen (secondary N) is 3. The molecule has 1 fully saturated rings. The molecule has 1 aliphatic rings. The van der Waals surface area contributed by atoms with Gasteiger partial charge in [0.1, 0.15) is 0 Å². The van der Waals surface area contributed by atoms with Crippen LogP contribution in [0.25, 0.3) is 0 Å². The highest BCUT2D eigenvalue weighted by atomic mass is 35.5. The number of carbonyl (C=O) groups excluding carboxylic acids is 1. The zero-order valence-corrected chi connectivity index (χ0v) is 15.1. The molecule has 3 N–H and O–H groups in total. The second kappa shape index (κ2) is 9.66. The normalized spacial score (nSPS) is 16.9. The van der Waals surface area contributed by atoms with Crippen LogP contribution in [0.1, 0.15) is 19.3 Å². The summed E-state index contributed by atoms with van der Waals surface area (Å²) >= 11 is 0. The number of benzene rings is 1. The molecule has 140 valence electrons. The van der Waals surface area contributed by atoms with Crippen molar-refractivity contribution < 1.29 is 18.1 Å². The average molecular weight is 393 g/mol. The number of nitro groups is 1. The molecule has 0 spiro atoms. The third-order valence-corrected chi connectivity index (χ3v) is 5.13. The minimum absolute atomic E-state index is 0. The minimum Gasteiger partial charge on any atom is -0.355 e. The van der Waals surface area contributed by atoms with E-state index < -0.39 is 14.9 Å². The Bertz CT molecular complexity index is 707. The second-order valence-corrected chi connectivity index (χ2v) is 7.27. The van der Waals surface area contributed by atoms with Crippen LogP contribution in [0.5, 0.6) is 0 Å². The summed E-state index contributed by atoms with van der Waals surface area (Å²) in [5, 5.41) is 16.6. The van der Waals surface area contributed by atoms with Crippen LogP contribution in [0.3, 0.4) is 0 Å². The van der Waals surface area contributed by atoms with Crippen LogP contribution in [-0.4, -0.2) is 44.9 Å². The Morgan fingerprint density at radius 3 is 2.76 bits per heavy atom. The number of hydrogen-bond acceptors (Lipinski definition) is 6. The number of amides is 1. The molecule has 1 heterocycles. The fraction of sp³-hybridized carbons (Fsp3) is 0.500. The lowest BCUT2D eigenvalue weighted by molar-refractivity contribution is -0.385. The van der Waals surface area contributed by atoms with Crippen molar-refractivity contribution in [2.75, 3.05) is 19.6 Å². The first-order valence-corrected chi connectivity index (χ1v) is 9.11. The molecule has 0 aliphatic carbocycles. The van der Waals surface area contributed by atoms with Crippen molar-refractivity contribution in [3.63, 3.8) is 0 Å². The van der Waals surface area contributed by atoms with Crippen LogP contribution in [0, 0.1) is 10.1 Å². The summed E-state index contributed by atoms with van der Waals surface area (Å²) in [6.07, 6.45) is 2.39. The number of halogens is 1. The van der Waals surface area contributed by atoms with Crippen molar-refractivity contribution >= 4 is 34.0 Å². The molecule has 0 bridgehead atoms. The Morgan fingerprint density at radius 1 is 1.36 bits per heavy atom. The van der Waals surface area contributed by atoms with Gasteiger partial charge >= 0.3 is 0 Å². The van der Waals surface area contributed by atoms with Gasteiger partial charge in [-0.1, -0.05) is 6.07 Å². The van der Waals surface area contributed by atoms with Crippen LogP contribution in [0.4, 0.5) is 5.69 Å². The highest BCUT2D eigenvalue weighted by Gasteiger charge is 2.19. The van der Waals surface area contributed by atoms with Crippen molar-refractivity contribution in [3.05, 3.63) is 34.4 Å². The van der Waals surface area contributed by atoms with Gasteiger partial charge in [0.25, 0.3) is 5.69 Å². The summed E-state index contributed by atoms with van der Waals surface area (Å²) in [4.78, 5) is 21.6. The van der Waals surface area contributed by atoms with Crippen LogP contribution < -0.4 is 15.4 Å². The van der Waals surface area contributed by atoms with Crippen molar-refractivity contribution in [2.45, 2.75) is 30.2 Å². The number of nitro benzene ring substituents is 1. The summed E-state index contributed by atoms with van der Waals surface area (Å²) in [6.45, 7) is 1.08. The predicted octanol–water partition coefficient (Wildman–Crippen LogP) is 0.553. The lowest BCUT2D eigenvalue weighted by Gasteiger charge is -2.11. The van der Waals surface area contributed by atoms with E-state index in [1.54, 1.807) is 0 Å². The largest absolute Gasteiger partial charge is 0.355 e. The minimum atomic E-state index is -3.85. The molecule has 1 amide bonds. The van der Waals surface area contributed by atoms with Crippen LogP contribution in [0.15, 0.2) is 29.2 Å². The van der Waals surface area contributed by atoms with E-state index in [1.807, 2.05) is 0 Å². The van der Waals surface area contributed by atoms with Gasteiger partial charge in [0, 0.05) is 37.7 Å². The maximum Gasteiger partial charge on any atom is 0.270 e. The first-order valence-electron chi connectivity index (χ1n) is 7.63. The van der Waals surface area contributed by atoms with E-state index >= 15 is 0 Å². The Labute approximate surface area is 152 Å². The lowest BCUT2D eigenvalue weighted by Crippen LogP contribution is -2.37. The number of hydrogen-bond donors (Lipinski definition) is 3. The molecule has 1 saturated heterocycles. The third kappa shape index (κ3) is 6.58. The molecule has 1 aromatic carbocycles. The van der Waals surface area contributed by atoms with E-state index in [2.05, 4.69) is 15.4 Å². The van der Waals surface area contributed by atoms with Gasteiger partial charge in [-0.3, -0.25) is 14.9 Å². The quantitative estimate of drug-likeness (QED) is 0.336. The fourth-order valence-corrected chi connectivity index (χ4v) is 3.53. The van der Waals surface area contributed by atoms with Gasteiger partial charge in [-0.25, -0.2) is 13.1 Å². The molecule has 0 saturated carbocycles. The maximum absolute atomic E-state index is 12.1. The summed E-state index contributed by atoms with van der Waals surface area (Å²) in [5.74, 6) is -0.135. The van der Waals surface area contributed by atoms with E-state index in [0.29, 0.717) is 6.42 Å². The lowest BCUT2D eigenvalue weighted by atomic mass is 10.1. The van der Waals surface area contributed by atoms with Gasteiger partial charge < -0.3 is 10.6 Å². The average Bonchev–Trinajstić information content (AvgIpc) is 3.04. The topological polar surface area (TPSA) is 130 Å². The number of sulfonamides is 1. The Kier molecular flexibility index (Phi) is 8.23. The maximum atomic E-state index is 12.1. The summed E-state index contributed by atoms with van der Waals surface area (Å²) in [7, 11) is -3.85. The molecule has 1 aromatic rings. The zero-order valence-electron chi connectivity index (χ0n) is 13.4. The molecule has 2 rings (SSSR count). The zero-order chi connectivity index (χ0) is 17.6. The summed E-state index contributed by atoms with van der Waals surface area (Å²) in [5.41, 5.74) is -0.296. The van der Waals surface area contributed by atoms with Gasteiger partial charge in [0.2, 0.25) is 15.9 Å². The Balaban J connectivity index is 0.00000312.